The molecule has 0 atom stereocenters. The van der Waals surface area contributed by atoms with E-state index in [2.05, 4.69) is 10.7 Å². The standard InChI is InChI=1S/C9H14FN3/c1-7-4-8(2-3-9(7)10)5-12-6-13-11/h2-4,12-13H,5-6,11H2,1H3. The van der Waals surface area contributed by atoms with Gasteiger partial charge in [0.15, 0.2) is 0 Å². The summed E-state index contributed by atoms with van der Waals surface area (Å²) in [4.78, 5) is 0. The van der Waals surface area contributed by atoms with Gasteiger partial charge in [-0.15, -0.1) is 0 Å². The number of hydrazine groups is 1. The highest BCUT2D eigenvalue weighted by Gasteiger charge is 1.97. The molecule has 4 heteroatoms. The molecule has 0 bridgehead atoms. The van der Waals surface area contributed by atoms with Crippen molar-refractivity contribution >= 4 is 0 Å². The van der Waals surface area contributed by atoms with E-state index in [4.69, 9.17) is 5.84 Å². The first-order valence-corrected chi connectivity index (χ1v) is 4.13. The molecule has 0 aromatic heterocycles. The highest BCUT2D eigenvalue weighted by atomic mass is 19.1. The van der Waals surface area contributed by atoms with E-state index in [9.17, 15) is 4.39 Å². The molecule has 0 saturated heterocycles. The Kier molecular flexibility index (Phi) is 3.82. The molecule has 1 aromatic carbocycles. The summed E-state index contributed by atoms with van der Waals surface area (Å²) in [7, 11) is 0. The minimum Gasteiger partial charge on any atom is -0.299 e. The molecule has 0 amide bonds. The van der Waals surface area contributed by atoms with Crippen LogP contribution in [-0.2, 0) is 6.54 Å². The van der Waals surface area contributed by atoms with Crippen LogP contribution in [0.5, 0.6) is 0 Å². The molecule has 0 fully saturated rings. The summed E-state index contributed by atoms with van der Waals surface area (Å²) in [5.74, 6) is 4.91. The third-order valence-electron chi connectivity index (χ3n) is 1.78. The second kappa shape index (κ2) is 4.91. The summed E-state index contributed by atoms with van der Waals surface area (Å²) in [6.07, 6.45) is 0. The van der Waals surface area contributed by atoms with E-state index in [1.807, 2.05) is 6.07 Å². The molecule has 0 radical (unpaired) electrons. The van der Waals surface area contributed by atoms with Gasteiger partial charge in [-0.1, -0.05) is 12.1 Å². The zero-order valence-corrected chi connectivity index (χ0v) is 7.60. The van der Waals surface area contributed by atoms with Crippen LogP contribution >= 0.6 is 0 Å². The molecule has 4 N–H and O–H groups in total. The lowest BCUT2D eigenvalue weighted by Gasteiger charge is -2.04. The Morgan fingerprint density at radius 1 is 1.46 bits per heavy atom. The molecular weight excluding hydrogens is 169 g/mol. The maximum absolute atomic E-state index is 12.8. The number of nitrogens with two attached hydrogens (primary N) is 1. The SMILES string of the molecule is Cc1cc(CNCNN)ccc1F. The van der Waals surface area contributed by atoms with E-state index in [-0.39, 0.29) is 5.82 Å². The van der Waals surface area contributed by atoms with Crippen molar-refractivity contribution in [3.8, 4) is 0 Å². The van der Waals surface area contributed by atoms with Crippen LogP contribution < -0.4 is 16.6 Å². The van der Waals surface area contributed by atoms with Crippen molar-refractivity contribution in [1.29, 1.82) is 0 Å². The maximum Gasteiger partial charge on any atom is 0.126 e. The van der Waals surface area contributed by atoms with Gasteiger partial charge in [0.05, 0.1) is 6.67 Å². The summed E-state index contributed by atoms with van der Waals surface area (Å²) in [5, 5.41) is 3.04. The third kappa shape index (κ3) is 3.10. The van der Waals surface area contributed by atoms with Gasteiger partial charge in [0.1, 0.15) is 5.82 Å². The highest BCUT2D eigenvalue weighted by Crippen LogP contribution is 2.08. The molecule has 0 heterocycles. The average Bonchev–Trinajstić information content (AvgIpc) is 2.12. The van der Waals surface area contributed by atoms with Crippen LogP contribution in [0.15, 0.2) is 18.2 Å². The van der Waals surface area contributed by atoms with Gasteiger partial charge in [-0.05, 0) is 24.1 Å². The zero-order chi connectivity index (χ0) is 9.68. The van der Waals surface area contributed by atoms with Crippen molar-refractivity contribution in [3.63, 3.8) is 0 Å². The van der Waals surface area contributed by atoms with Crippen LogP contribution in [-0.4, -0.2) is 6.67 Å². The van der Waals surface area contributed by atoms with Crippen LogP contribution in [0, 0.1) is 12.7 Å². The van der Waals surface area contributed by atoms with E-state index in [1.54, 1.807) is 13.0 Å². The molecule has 0 aliphatic heterocycles. The summed E-state index contributed by atoms with van der Waals surface area (Å²) in [5.41, 5.74) is 4.20. The summed E-state index contributed by atoms with van der Waals surface area (Å²) >= 11 is 0. The number of aryl methyl sites for hydroxylation is 1. The number of rotatable bonds is 4. The molecule has 1 aromatic rings. The molecule has 0 saturated carbocycles. The predicted octanol–water partition coefficient (Wildman–Crippen LogP) is 0.645. The lowest BCUT2D eigenvalue weighted by molar-refractivity contribution is 0.595. The highest BCUT2D eigenvalue weighted by molar-refractivity contribution is 5.23. The minimum absolute atomic E-state index is 0.166. The van der Waals surface area contributed by atoms with Gasteiger partial charge in [-0.25, -0.2) is 9.82 Å². The number of nitrogens with one attached hydrogen (secondary N) is 2. The van der Waals surface area contributed by atoms with Crippen molar-refractivity contribution in [1.82, 2.24) is 10.7 Å². The van der Waals surface area contributed by atoms with Crippen LogP contribution in [0.25, 0.3) is 0 Å². The predicted molar refractivity (Wildman–Crippen MR) is 50.2 cm³/mol. The number of halogens is 1. The second-order valence-electron chi connectivity index (χ2n) is 2.89. The third-order valence-corrected chi connectivity index (χ3v) is 1.78. The molecule has 0 spiro atoms. The van der Waals surface area contributed by atoms with Gasteiger partial charge in [0.2, 0.25) is 0 Å². The molecule has 72 valence electrons. The number of hydrogen-bond acceptors (Lipinski definition) is 3. The second-order valence-corrected chi connectivity index (χ2v) is 2.89. The van der Waals surface area contributed by atoms with Crippen molar-refractivity contribution < 1.29 is 4.39 Å². The van der Waals surface area contributed by atoms with Crippen molar-refractivity contribution in [3.05, 3.63) is 35.1 Å². The molecular formula is C9H14FN3. The van der Waals surface area contributed by atoms with Gasteiger partial charge in [0, 0.05) is 6.54 Å². The smallest absolute Gasteiger partial charge is 0.126 e. The largest absolute Gasteiger partial charge is 0.299 e. The fourth-order valence-electron chi connectivity index (χ4n) is 1.10. The Bertz CT molecular complexity index is 276. The van der Waals surface area contributed by atoms with Gasteiger partial charge in [-0.3, -0.25) is 11.2 Å². The summed E-state index contributed by atoms with van der Waals surface area (Å²) < 4.78 is 12.8. The topological polar surface area (TPSA) is 50.1 Å². The van der Waals surface area contributed by atoms with Gasteiger partial charge >= 0.3 is 0 Å². The van der Waals surface area contributed by atoms with Crippen LogP contribution in [0.1, 0.15) is 11.1 Å². The first kappa shape index (κ1) is 10.1. The zero-order valence-electron chi connectivity index (χ0n) is 7.60. The first-order valence-electron chi connectivity index (χ1n) is 4.13. The average molecular weight is 183 g/mol. The normalized spacial score (nSPS) is 10.4. The molecule has 0 aliphatic carbocycles. The Hall–Kier alpha value is -0.970. The quantitative estimate of drug-likeness (QED) is 0.278. The van der Waals surface area contributed by atoms with Gasteiger partial charge < -0.3 is 0 Å². The van der Waals surface area contributed by atoms with E-state index in [1.165, 1.54) is 6.07 Å². The Balaban J connectivity index is 2.53. The van der Waals surface area contributed by atoms with Gasteiger partial charge in [-0.2, -0.15) is 0 Å². The maximum atomic E-state index is 12.8. The van der Waals surface area contributed by atoms with Crippen molar-refractivity contribution in [2.75, 3.05) is 6.67 Å². The summed E-state index contributed by atoms with van der Waals surface area (Å²) in [6.45, 7) is 2.97. The fourth-order valence-corrected chi connectivity index (χ4v) is 1.10. The first-order chi connectivity index (χ1) is 6.24. The monoisotopic (exact) mass is 183 g/mol. The molecule has 3 nitrogen and oxygen atoms in total. The molecule has 0 unspecified atom stereocenters. The number of benzene rings is 1. The van der Waals surface area contributed by atoms with Gasteiger partial charge in [0.25, 0.3) is 0 Å². The lowest BCUT2D eigenvalue weighted by Crippen LogP contribution is -2.33. The van der Waals surface area contributed by atoms with E-state index in [0.717, 1.165) is 5.56 Å². The van der Waals surface area contributed by atoms with E-state index < -0.39 is 0 Å². The lowest BCUT2D eigenvalue weighted by atomic mass is 10.1. The molecule has 0 aliphatic rings. The Labute approximate surface area is 77.1 Å². The fraction of sp³-hybridized carbons (Fsp3) is 0.333. The van der Waals surface area contributed by atoms with Crippen LogP contribution in [0.2, 0.25) is 0 Å². The molecule has 13 heavy (non-hydrogen) atoms. The van der Waals surface area contributed by atoms with E-state index in [0.29, 0.717) is 18.8 Å². The Morgan fingerprint density at radius 2 is 2.23 bits per heavy atom. The number of hydrogen-bond donors (Lipinski definition) is 3. The van der Waals surface area contributed by atoms with Crippen molar-refractivity contribution in [2.24, 2.45) is 5.84 Å². The minimum atomic E-state index is -0.166. The molecule has 1 rings (SSSR count). The van der Waals surface area contributed by atoms with Crippen LogP contribution in [0.3, 0.4) is 0 Å². The summed E-state index contributed by atoms with van der Waals surface area (Å²) in [6, 6.07) is 5.05. The van der Waals surface area contributed by atoms with Crippen LogP contribution in [0.4, 0.5) is 4.39 Å². The Morgan fingerprint density at radius 3 is 2.85 bits per heavy atom. The van der Waals surface area contributed by atoms with E-state index >= 15 is 0 Å². The van der Waals surface area contributed by atoms with Crippen molar-refractivity contribution in [2.45, 2.75) is 13.5 Å².